The third kappa shape index (κ3) is 13.8. The summed E-state index contributed by atoms with van der Waals surface area (Å²) >= 11 is 0. The molecule has 178 valence electrons. The van der Waals surface area contributed by atoms with Crippen LogP contribution in [0.15, 0.2) is 41.8 Å². The van der Waals surface area contributed by atoms with Gasteiger partial charge in [-0.1, -0.05) is 102 Å². The summed E-state index contributed by atoms with van der Waals surface area (Å²) in [6.07, 6.45) is 18.7. The summed E-state index contributed by atoms with van der Waals surface area (Å²) in [6, 6.07) is 6.82. The van der Waals surface area contributed by atoms with E-state index in [-0.39, 0.29) is 17.4 Å². The van der Waals surface area contributed by atoms with Crippen LogP contribution in [0, 0.1) is 18.8 Å². The van der Waals surface area contributed by atoms with Gasteiger partial charge in [0.05, 0.1) is 11.5 Å². The minimum atomic E-state index is -3.65. The van der Waals surface area contributed by atoms with Crippen molar-refractivity contribution in [2.24, 2.45) is 11.8 Å². The number of unbranched alkanes of at least 4 members (excludes halogenated alkanes) is 8. The second kappa shape index (κ2) is 16.5. The van der Waals surface area contributed by atoms with Crippen molar-refractivity contribution in [2.45, 2.75) is 109 Å². The monoisotopic (exact) mass is 450 g/mol. The zero-order valence-electron chi connectivity index (χ0n) is 20.3. The largest absolute Gasteiger partial charge is 0.296 e. The molecule has 0 spiro atoms. The summed E-state index contributed by atoms with van der Waals surface area (Å²) < 4.78 is 29.8. The van der Waals surface area contributed by atoms with Crippen LogP contribution in [-0.2, 0) is 14.3 Å². The highest BCUT2D eigenvalue weighted by Crippen LogP contribution is 2.20. The number of rotatable bonds is 19. The minimum Gasteiger partial charge on any atom is -0.266 e. The van der Waals surface area contributed by atoms with Gasteiger partial charge in [0.1, 0.15) is 0 Å². The first-order valence-electron chi connectivity index (χ1n) is 12.4. The van der Waals surface area contributed by atoms with Gasteiger partial charge in [0.15, 0.2) is 0 Å². The second-order valence-corrected chi connectivity index (χ2v) is 11.0. The summed E-state index contributed by atoms with van der Waals surface area (Å²) in [6.45, 7) is 10.4. The zero-order valence-corrected chi connectivity index (χ0v) is 21.1. The number of hydrogen-bond acceptors (Lipinski definition) is 3. The number of allylic oxidation sites excluding steroid dienone is 1. The molecule has 0 unspecified atom stereocenters. The van der Waals surface area contributed by atoms with E-state index in [2.05, 4.69) is 20.4 Å². The lowest BCUT2D eigenvalue weighted by molar-refractivity contribution is 0.251. The van der Waals surface area contributed by atoms with E-state index in [0.29, 0.717) is 0 Å². The Balaban J connectivity index is 2.04. The van der Waals surface area contributed by atoms with Crippen LogP contribution in [0.4, 0.5) is 0 Å². The number of aryl methyl sites for hydroxylation is 1. The SMILES string of the molecule is C=CCCCCCCCCCC[C@H](C)CCC[C@@H](C)COS(=O)(=O)c1ccc(C)cc1. The average Bonchev–Trinajstić information content (AvgIpc) is 2.74. The van der Waals surface area contributed by atoms with Crippen molar-refractivity contribution in [1.29, 1.82) is 0 Å². The topological polar surface area (TPSA) is 43.4 Å². The number of hydrogen-bond donors (Lipinski definition) is 0. The van der Waals surface area contributed by atoms with Gasteiger partial charge in [-0.05, 0) is 50.2 Å². The Bertz CT molecular complexity index is 679. The van der Waals surface area contributed by atoms with Crippen molar-refractivity contribution in [2.75, 3.05) is 6.61 Å². The first-order valence-corrected chi connectivity index (χ1v) is 13.8. The molecule has 0 amide bonds. The fraction of sp³-hybridized carbons (Fsp3) is 0.704. The molecule has 0 bridgehead atoms. The third-order valence-electron chi connectivity index (χ3n) is 6.07. The Morgan fingerprint density at radius 3 is 1.94 bits per heavy atom. The molecule has 3 nitrogen and oxygen atoms in total. The maximum atomic E-state index is 12.3. The van der Waals surface area contributed by atoms with Gasteiger partial charge < -0.3 is 0 Å². The molecule has 31 heavy (non-hydrogen) atoms. The van der Waals surface area contributed by atoms with Crippen LogP contribution in [0.2, 0.25) is 0 Å². The predicted molar refractivity (Wildman–Crippen MR) is 133 cm³/mol. The van der Waals surface area contributed by atoms with E-state index >= 15 is 0 Å². The van der Waals surface area contributed by atoms with Crippen LogP contribution in [0.3, 0.4) is 0 Å². The lowest BCUT2D eigenvalue weighted by Gasteiger charge is -2.15. The Morgan fingerprint density at radius 1 is 0.806 bits per heavy atom. The van der Waals surface area contributed by atoms with Crippen molar-refractivity contribution in [3.63, 3.8) is 0 Å². The van der Waals surface area contributed by atoms with Gasteiger partial charge in [-0.25, -0.2) is 0 Å². The van der Waals surface area contributed by atoms with E-state index in [1.54, 1.807) is 24.3 Å². The van der Waals surface area contributed by atoms with Crippen LogP contribution in [0.5, 0.6) is 0 Å². The highest BCUT2D eigenvalue weighted by Gasteiger charge is 2.16. The highest BCUT2D eigenvalue weighted by molar-refractivity contribution is 7.86. The summed E-state index contributed by atoms with van der Waals surface area (Å²) in [5, 5.41) is 0. The van der Waals surface area contributed by atoms with E-state index < -0.39 is 10.1 Å². The Morgan fingerprint density at radius 2 is 1.32 bits per heavy atom. The molecule has 1 aromatic rings. The summed E-state index contributed by atoms with van der Waals surface area (Å²) in [7, 11) is -3.65. The molecule has 0 saturated heterocycles. The molecule has 0 aliphatic carbocycles. The van der Waals surface area contributed by atoms with Gasteiger partial charge in [0.25, 0.3) is 10.1 Å². The lowest BCUT2D eigenvalue weighted by atomic mass is 9.94. The van der Waals surface area contributed by atoms with Gasteiger partial charge in [-0.15, -0.1) is 6.58 Å². The second-order valence-electron chi connectivity index (χ2n) is 9.39. The van der Waals surface area contributed by atoms with Crippen molar-refractivity contribution >= 4 is 10.1 Å². The summed E-state index contributed by atoms with van der Waals surface area (Å²) in [5.74, 6) is 1.00. The third-order valence-corrected chi connectivity index (χ3v) is 7.36. The van der Waals surface area contributed by atoms with Crippen LogP contribution in [-0.4, -0.2) is 15.0 Å². The van der Waals surface area contributed by atoms with E-state index in [4.69, 9.17) is 4.18 Å². The Labute approximate surface area is 192 Å². The van der Waals surface area contributed by atoms with Crippen molar-refractivity contribution in [3.05, 3.63) is 42.5 Å². The molecular weight excluding hydrogens is 404 g/mol. The highest BCUT2D eigenvalue weighted by atomic mass is 32.2. The molecular formula is C27H46O3S. The van der Waals surface area contributed by atoms with Crippen molar-refractivity contribution < 1.29 is 12.6 Å². The molecule has 0 aliphatic heterocycles. The molecule has 0 aromatic heterocycles. The molecule has 0 N–H and O–H groups in total. The van der Waals surface area contributed by atoms with Gasteiger partial charge in [-0.2, -0.15) is 8.42 Å². The number of benzene rings is 1. The van der Waals surface area contributed by atoms with E-state index in [9.17, 15) is 8.42 Å². The quantitative estimate of drug-likeness (QED) is 0.121. The molecule has 0 fully saturated rings. The fourth-order valence-corrected chi connectivity index (χ4v) is 4.88. The van der Waals surface area contributed by atoms with E-state index in [1.165, 1.54) is 64.2 Å². The van der Waals surface area contributed by atoms with Crippen LogP contribution in [0.1, 0.15) is 103 Å². The molecule has 0 saturated carbocycles. The van der Waals surface area contributed by atoms with Crippen LogP contribution in [0.25, 0.3) is 0 Å². The predicted octanol–water partition coefficient (Wildman–Crippen LogP) is 8.23. The molecule has 1 rings (SSSR count). The van der Waals surface area contributed by atoms with Gasteiger partial charge in [0.2, 0.25) is 0 Å². The van der Waals surface area contributed by atoms with E-state index in [0.717, 1.165) is 30.7 Å². The fourth-order valence-electron chi connectivity index (χ4n) is 3.86. The molecule has 0 radical (unpaired) electrons. The standard InChI is InChI=1S/C27H46O3S/c1-5-6-7-8-9-10-11-12-13-14-16-24(2)17-15-18-26(4)23-30-31(28,29)27-21-19-25(3)20-22-27/h5,19-22,24,26H,1,6-18,23H2,2-4H3/t24-,26+/m0/s1. The first-order chi connectivity index (χ1) is 14.8. The lowest BCUT2D eigenvalue weighted by Crippen LogP contribution is -2.13. The molecule has 4 heteroatoms. The van der Waals surface area contributed by atoms with Crippen LogP contribution >= 0.6 is 0 Å². The zero-order chi connectivity index (χ0) is 23.0. The maximum absolute atomic E-state index is 12.3. The van der Waals surface area contributed by atoms with Crippen LogP contribution < -0.4 is 0 Å². The van der Waals surface area contributed by atoms with Crippen molar-refractivity contribution in [3.8, 4) is 0 Å². The van der Waals surface area contributed by atoms with Crippen molar-refractivity contribution in [1.82, 2.24) is 0 Å². The Kier molecular flexibility index (Phi) is 14.8. The van der Waals surface area contributed by atoms with Gasteiger partial charge >= 0.3 is 0 Å². The average molecular weight is 451 g/mol. The van der Waals surface area contributed by atoms with Gasteiger partial charge in [-0.3, -0.25) is 4.18 Å². The summed E-state index contributed by atoms with van der Waals surface area (Å²) in [5.41, 5.74) is 1.04. The smallest absolute Gasteiger partial charge is 0.266 e. The summed E-state index contributed by atoms with van der Waals surface area (Å²) in [4.78, 5) is 0.242. The normalized spacial score (nSPS) is 13.8. The van der Waals surface area contributed by atoms with E-state index in [1.807, 2.05) is 13.0 Å². The maximum Gasteiger partial charge on any atom is 0.296 e. The molecule has 1 aromatic carbocycles. The Hall–Kier alpha value is -1.13. The van der Waals surface area contributed by atoms with Gasteiger partial charge in [0, 0.05) is 0 Å². The molecule has 0 aliphatic rings. The molecule has 2 atom stereocenters. The first kappa shape index (κ1) is 27.9. The minimum absolute atomic E-state index is 0.242. The molecule has 0 heterocycles.